The van der Waals surface area contributed by atoms with Gasteiger partial charge in [0.25, 0.3) is 0 Å². The Kier molecular flexibility index (Phi) is 2.15. The number of halogens is 1. The Morgan fingerprint density at radius 3 is 2.64 bits per heavy atom. The highest BCUT2D eigenvalue weighted by molar-refractivity contribution is 6.30. The van der Waals surface area contributed by atoms with E-state index < -0.39 is 0 Å². The molecule has 1 saturated carbocycles. The maximum absolute atomic E-state index is 11.4. The van der Waals surface area contributed by atoms with Crippen LogP contribution >= 0.6 is 11.6 Å². The average Bonchev–Trinajstić information content (AvgIpc) is 2.14. The molecule has 1 unspecified atom stereocenters. The Balaban J connectivity index is 2.30. The van der Waals surface area contributed by atoms with Gasteiger partial charge in [-0.05, 0) is 17.7 Å². The van der Waals surface area contributed by atoms with Gasteiger partial charge in [-0.15, -0.1) is 0 Å². The van der Waals surface area contributed by atoms with E-state index in [1.54, 1.807) is 0 Å². The minimum absolute atomic E-state index is 0.204. The summed E-state index contributed by atoms with van der Waals surface area (Å²) in [6, 6.07) is 7.81. The number of ketones is 1. The molecule has 2 rings (SSSR count). The summed E-state index contributed by atoms with van der Waals surface area (Å²) < 4.78 is 0. The number of Topliss-reactive ketones (excluding diaryl/α,β-unsaturated/α-hetero) is 1. The van der Waals surface area contributed by atoms with Crippen molar-refractivity contribution in [1.29, 1.82) is 0 Å². The van der Waals surface area contributed by atoms with Crippen LogP contribution in [-0.2, 0) is 4.79 Å². The predicted molar refractivity (Wildman–Crippen MR) is 57.6 cm³/mol. The van der Waals surface area contributed by atoms with Crippen molar-refractivity contribution in [2.24, 2.45) is 5.41 Å². The van der Waals surface area contributed by atoms with Gasteiger partial charge in [0.2, 0.25) is 0 Å². The standard InChI is InChI=1S/C12H13ClO/c1-12(2)10(7-11(12)14)8-4-3-5-9(13)6-8/h3-6,10H,7H2,1-2H3. The number of carbonyl (C=O) groups is 1. The maximum atomic E-state index is 11.4. The lowest BCUT2D eigenvalue weighted by Gasteiger charge is -2.42. The van der Waals surface area contributed by atoms with Crippen LogP contribution in [0.25, 0.3) is 0 Å². The van der Waals surface area contributed by atoms with Crippen LogP contribution < -0.4 is 0 Å². The molecule has 1 aromatic carbocycles. The Bertz CT molecular complexity index is 382. The number of benzene rings is 1. The molecule has 74 valence electrons. The molecule has 1 atom stereocenters. The summed E-state index contributed by atoms with van der Waals surface area (Å²) in [7, 11) is 0. The van der Waals surface area contributed by atoms with Crippen molar-refractivity contribution in [2.75, 3.05) is 0 Å². The van der Waals surface area contributed by atoms with Crippen molar-refractivity contribution < 1.29 is 4.79 Å². The van der Waals surface area contributed by atoms with E-state index in [4.69, 9.17) is 11.6 Å². The van der Waals surface area contributed by atoms with Gasteiger partial charge in [-0.1, -0.05) is 37.6 Å². The van der Waals surface area contributed by atoms with Crippen LogP contribution in [0.3, 0.4) is 0 Å². The average molecular weight is 209 g/mol. The van der Waals surface area contributed by atoms with Crippen molar-refractivity contribution in [3.63, 3.8) is 0 Å². The normalized spacial score (nSPS) is 24.5. The Morgan fingerprint density at radius 1 is 1.43 bits per heavy atom. The molecule has 0 N–H and O–H groups in total. The fraction of sp³-hybridized carbons (Fsp3) is 0.417. The molecule has 2 heteroatoms. The molecule has 14 heavy (non-hydrogen) atoms. The summed E-state index contributed by atoms with van der Waals surface area (Å²) in [4.78, 5) is 11.4. The van der Waals surface area contributed by atoms with E-state index in [1.807, 2.05) is 38.1 Å². The van der Waals surface area contributed by atoms with Crippen LogP contribution in [0.1, 0.15) is 31.7 Å². The van der Waals surface area contributed by atoms with E-state index in [-0.39, 0.29) is 5.41 Å². The number of rotatable bonds is 1. The highest BCUT2D eigenvalue weighted by Gasteiger charge is 2.47. The lowest BCUT2D eigenvalue weighted by Crippen LogP contribution is -2.43. The third kappa shape index (κ3) is 1.36. The molecule has 0 saturated heterocycles. The fourth-order valence-electron chi connectivity index (χ4n) is 2.02. The van der Waals surface area contributed by atoms with Crippen LogP contribution in [-0.4, -0.2) is 5.78 Å². The molecule has 1 nitrogen and oxygen atoms in total. The Morgan fingerprint density at radius 2 is 2.14 bits per heavy atom. The summed E-state index contributed by atoms with van der Waals surface area (Å²) in [5.74, 6) is 0.691. The summed E-state index contributed by atoms with van der Waals surface area (Å²) in [6.45, 7) is 4.01. The van der Waals surface area contributed by atoms with Crippen molar-refractivity contribution >= 4 is 17.4 Å². The van der Waals surface area contributed by atoms with Gasteiger partial charge < -0.3 is 0 Å². The van der Waals surface area contributed by atoms with Gasteiger partial charge in [0.15, 0.2) is 0 Å². The Hall–Kier alpha value is -0.820. The zero-order chi connectivity index (χ0) is 10.3. The van der Waals surface area contributed by atoms with Gasteiger partial charge in [0, 0.05) is 22.8 Å². The molecule has 0 heterocycles. The number of hydrogen-bond acceptors (Lipinski definition) is 1. The smallest absolute Gasteiger partial charge is 0.139 e. The van der Waals surface area contributed by atoms with Crippen LogP contribution in [0.15, 0.2) is 24.3 Å². The van der Waals surface area contributed by atoms with E-state index in [2.05, 4.69) is 0 Å². The molecule has 0 bridgehead atoms. The summed E-state index contributed by atoms with van der Waals surface area (Å²) in [5.41, 5.74) is 0.979. The molecule has 0 aliphatic heterocycles. The molecule has 0 aromatic heterocycles. The minimum atomic E-state index is -0.204. The highest BCUT2D eigenvalue weighted by Crippen LogP contribution is 2.49. The maximum Gasteiger partial charge on any atom is 0.139 e. The van der Waals surface area contributed by atoms with Crippen molar-refractivity contribution in [3.05, 3.63) is 34.9 Å². The first-order valence-corrected chi connectivity index (χ1v) is 5.18. The Labute approximate surface area is 89.1 Å². The predicted octanol–water partition coefficient (Wildman–Crippen LogP) is 3.42. The van der Waals surface area contributed by atoms with Crippen molar-refractivity contribution in [3.8, 4) is 0 Å². The topological polar surface area (TPSA) is 17.1 Å². The van der Waals surface area contributed by atoms with E-state index in [1.165, 1.54) is 5.56 Å². The van der Waals surface area contributed by atoms with Gasteiger partial charge in [-0.2, -0.15) is 0 Å². The lowest BCUT2D eigenvalue weighted by molar-refractivity contribution is -0.137. The number of hydrogen-bond donors (Lipinski definition) is 0. The van der Waals surface area contributed by atoms with Crippen LogP contribution in [0.2, 0.25) is 5.02 Å². The van der Waals surface area contributed by atoms with Gasteiger partial charge in [-0.3, -0.25) is 4.79 Å². The lowest BCUT2D eigenvalue weighted by atomic mass is 9.59. The molecular formula is C12H13ClO. The summed E-state index contributed by atoms with van der Waals surface area (Å²) in [5, 5.41) is 0.748. The summed E-state index contributed by atoms with van der Waals surface area (Å²) >= 11 is 5.91. The second-order valence-electron chi connectivity index (χ2n) is 4.46. The first-order chi connectivity index (χ1) is 6.51. The third-order valence-electron chi connectivity index (χ3n) is 3.23. The largest absolute Gasteiger partial charge is 0.299 e. The SMILES string of the molecule is CC1(C)C(=O)CC1c1cccc(Cl)c1. The molecule has 0 radical (unpaired) electrons. The first kappa shape index (κ1) is 9.72. The molecule has 1 aromatic rings. The molecule has 0 amide bonds. The van der Waals surface area contributed by atoms with Crippen LogP contribution in [0.5, 0.6) is 0 Å². The van der Waals surface area contributed by atoms with Gasteiger partial charge in [0.05, 0.1) is 0 Å². The fourth-order valence-corrected chi connectivity index (χ4v) is 2.22. The second-order valence-corrected chi connectivity index (χ2v) is 4.89. The molecule has 1 aliphatic rings. The second kappa shape index (κ2) is 3.09. The third-order valence-corrected chi connectivity index (χ3v) is 3.47. The monoisotopic (exact) mass is 208 g/mol. The van der Waals surface area contributed by atoms with Gasteiger partial charge >= 0.3 is 0 Å². The van der Waals surface area contributed by atoms with E-state index in [0.717, 1.165) is 5.02 Å². The van der Waals surface area contributed by atoms with Crippen molar-refractivity contribution in [2.45, 2.75) is 26.2 Å². The quantitative estimate of drug-likeness (QED) is 0.691. The van der Waals surface area contributed by atoms with Crippen LogP contribution in [0, 0.1) is 5.41 Å². The van der Waals surface area contributed by atoms with Gasteiger partial charge in [-0.25, -0.2) is 0 Å². The molecule has 0 spiro atoms. The van der Waals surface area contributed by atoms with E-state index in [0.29, 0.717) is 18.1 Å². The van der Waals surface area contributed by atoms with Crippen LogP contribution in [0.4, 0.5) is 0 Å². The first-order valence-electron chi connectivity index (χ1n) is 4.80. The summed E-state index contributed by atoms with van der Waals surface area (Å²) in [6.07, 6.45) is 0.660. The molecular weight excluding hydrogens is 196 g/mol. The van der Waals surface area contributed by atoms with E-state index in [9.17, 15) is 4.79 Å². The molecule has 1 fully saturated rings. The zero-order valence-corrected chi connectivity index (χ0v) is 9.14. The van der Waals surface area contributed by atoms with E-state index >= 15 is 0 Å². The van der Waals surface area contributed by atoms with Crippen molar-refractivity contribution in [1.82, 2.24) is 0 Å². The number of carbonyl (C=O) groups excluding carboxylic acids is 1. The zero-order valence-electron chi connectivity index (χ0n) is 8.38. The van der Waals surface area contributed by atoms with Gasteiger partial charge in [0.1, 0.15) is 5.78 Å². The molecule has 1 aliphatic carbocycles. The highest BCUT2D eigenvalue weighted by atomic mass is 35.5. The minimum Gasteiger partial charge on any atom is -0.299 e.